The number of hydrogen-bond donors (Lipinski definition) is 5. The van der Waals surface area contributed by atoms with Crippen molar-refractivity contribution in [1.29, 1.82) is 5.26 Å². The van der Waals surface area contributed by atoms with E-state index in [1.165, 1.54) is 17.3 Å². The molecule has 1 aliphatic rings. The Hall–Kier alpha value is -5.11. The monoisotopic (exact) mass is 504 g/mol. The second kappa shape index (κ2) is 15.7. The molecular formula is C26H32N8O3. The molecule has 2 aromatic rings. The van der Waals surface area contributed by atoms with Crippen molar-refractivity contribution >= 4 is 41.1 Å². The third-order valence-electron chi connectivity index (χ3n) is 4.98. The highest BCUT2D eigenvalue weighted by Gasteiger charge is 2.26. The van der Waals surface area contributed by atoms with Gasteiger partial charge < -0.3 is 32.7 Å². The number of primary amides is 1. The van der Waals surface area contributed by atoms with Crippen molar-refractivity contribution in [3.63, 3.8) is 0 Å². The number of nitriles is 1. The van der Waals surface area contributed by atoms with Gasteiger partial charge in [0.05, 0.1) is 12.4 Å². The number of anilines is 2. The Morgan fingerprint density at radius 1 is 1.16 bits per heavy atom. The van der Waals surface area contributed by atoms with Crippen molar-refractivity contribution in [3.8, 4) is 6.07 Å². The van der Waals surface area contributed by atoms with Gasteiger partial charge in [-0.1, -0.05) is 24.8 Å². The topological polar surface area (TPSA) is 193 Å². The Morgan fingerprint density at radius 3 is 2.22 bits per heavy atom. The molecule has 37 heavy (non-hydrogen) atoms. The first-order valence-corrected chi connectivity index (χ1v) is 11.1. The summed E-state index contributed by atoms with van der Waals surface area (Å²) in [7, 11) is 3.22. The number of amides is 4. The van der Waals surface area contributed by atoms with Gasteiger partial charge in [-0.15, -0.1) is 0 Å². The van der Waals surface area contributed by atoms with Crippen LogP contribution in [0.5, 0.6) is 0 Å². The summed E-state index contributed by atoms with van der Waals surface area (Å²) >= 11 is 0. The van der Waals surface area contributed by atoms with Crippen molar-refractivity contribution in [1.82, 2.24) is 10.2 Å². The first-order valence-electron chi connectivity index (χ1n) is 11.1. The second-order valence-corrected chi connectivity index (χ2v) is 7.46. The average molecular weight is 505 g/mol. The van der Waals surface area contributed by atoms with E-state index in [4.69, 9.17) is 22.5 Å². The molecule has 4 amide bonds. The normalized spacial score (nSPS) is 13.9. The van der Waals surface area contributed by atoms with E-state index in [0.29, 0.717) is 29.9 Å². The summed E-state index contributed by atoms with van der Waals surface area (Å²) in [6.07, 6.45) is 4.90. The van der Waals surface area contributed by atoms with Crippen molar-refractivity contribution < 1.29 is 14.4 Å². The van der Waals surface area contributed by atoms with Crippen LogP contribution >= 0.6 is 0 Å². The van der Waals surface area contributed by atoms with E-state index in [2.05, 4.69) is 28.3 Å². The molecule has 11 heteroatoms. The quantitative estimate of drug-likeness (QED) is 0.183. The van der Waals surface area contributed by atoms with Crippen LogP contribution in [0.15, 0.2) is 72.3 Å². The van der Waals surface area contributed by atoms with Crippen LogP contribution in [-0.4, -0.2) is 55.8 Å². The van der Waals surface area contributed by atoms with E-state index in [9.17, 15) is 14.4 Å². The zero-order valence-corrected chi connectivity index (χ0v) is 20.8. The van der Waals surface area contributed by atoms with E-state index in [-0.39, 0.29) is 11.8 Å². The summed E-state index contributed by atoms with van der Waals surface area (Å²) in [4.78, 5) is 38.5. The number of rotatable bonds is 4. The molecule has 0 fully saturated rings. The van der Waals surface area contributed by atoms with Crippen molar-refractivity contribution in [2.45, 2.75) is 12.5 Å². The van der Waals surface area contributed by atoms with Gasteiger partial charge in [-0.3, -0.25) is 14.6 Å². The minimum absolute atomic E-state index is 0.0926. The fraction of sp³-hybridized carbons (Fsp3) is 0.192. The number of carbonyl (C=O) groups excluding carboxylic acids is 3. The van der Waals surface area contributed by atoms with Crippen LogP contribution in [0.3, 0.4) is 0 Å². The van der Waals surface area contributed by atoms with Crippen LogP contribution in [-0.2, 0) is 4.79 Å². The molecule has 0 aliphatic carbocycles. The van der Waals surface area contributed by atoms with Gasteiger partial charge in [-0.05, 0) is 60.0 Å². The number of urea groups is 1. The standard InChI is InChI=1S/C16H16N4O2.C8H10N2O.C2H6N2/c1-2-15(21)20-10-12(5-8-14(20)9-17)11-3-6-13(7-4-11)19-16(18)22;1-10-8(11)6-2-4-7(9)5-3-6;1-4-2-3/h2-7,14H,1,8,10H2,(H3,18,19,22);2-5H,9H2,1H3,(H,10,11);2H,1H3,(H2,3,4). The number of nitrogen functional groups attached to an aromatic ring is 1. The van der Waals surface area contributed by atoms with E-state index in [1.54, 1.807) is 50.5 Å². The van der Waals surface area contributed by atoms with Crippen LogP contribution in [0, 0.1) is 11.3 Å². The molecule has 1 heterocycles. The minimum Gasteiger partial charge on any atom is -0.399 e. The van der Waals surface area contributed by atoms with Gasteiger partial charge >= 0.3 is 6.03 Å². The van der Waals surface area contributed by atoms with Crippen LogP contribution in [0.2, 0.25) is 0 Å². The van der Waals surface area contributed by atoms with Gasteiger partial charge in [-0.2, -0.15) is 5.26 Å². The maximum Gasteiger partial charge on any atom is 0.316 e. The fourth-order valence-electron chi connectivity index (χ4n) is 3.11. The van der Waals surface area contributed by atoms with Crippen LogP contribution in [0.1, 0.15) is 22.3 Å². The van der Waals surface area contributed by atoms with E-state index in [1.807, 2.05) is 18.2 Å². The SMILES string of the molecule is C=CC(=O)N1CC(c2ccc(NC(N)=O)cc2)=CCC1C#N.CN=CN.CNC(=O)c1ccc(N)cc1. The number of nitrogens with two attached hydrogens (primary N) is 3. The van der Waals surface area contributed by atoms with Gasteiger partial charge in [0.25, 0.3) is 5.91 Å². The highest BCUT2D eigenvalue weighted by Crippen LogP contribution is 2.25. The molecule has 0 saturated carbocycles. The lowest BCUT2D eigenvalue weighted by molar-refractivity contribution is -0.126. The van der Waals surface area contributed by atoms with Gasteiger partial charge in [-0.25, -0.2) is 4.79 Å². The molecule has 3 rings (SSSR count). The summed E-state index contributed by atoms with van der Waals surface area (Å²) < 4.78 is 0. The Bertz CT molecular complexity index is 1160. The average Bonchev–Trinajstić information content (AvgIpc) is 2.92. The zero-order valence-electron chi connectivity index (χ0n) is 20.8. The third kappa shape index (κ3) is 9.96. The van der Waals surface area contributed by atoms with Gasteiger partial charge in [0.1, 0.15) is 6.04 Å². The van der Waals surface area contributed by atoms with Crippen molar-refractivity contribution in [3.05, 3.63) is 78.4 Å². The maximum atomic E-state index is 11.9. The fourth-order valence-corrected chi connectivity index (χ4v) is 3.11. The number of nitrogens with zero attached hydrogens (tertiary/aromatic N) is 3. The van der Waals surface area contributed by atoms with Gasteiger partial charge in [0, 0.05) is 37.6 Å². The number of benzene rings is 2. The number of aliphatic imine (C=N–C) groups is 1. The molecule has 0 aromatic heterocycles. The molecule has 1 aliphatic heterocycles. The Labute approximate surface area is 216 Å². The zero-order chi connectivity index (χ0) is 27.8. The minimum atomic E-state index is -0.621. The van der Waals surface area contributed by atoms with Crippen LogP contribution < -0.4 is 27.8 Å². The predicted molar refractivity (Wildman–Crippen MR) is 146 cm³/mol. The second-order valence-electron chi connectivity index (χ2n) is 7.46. The Balaban J connectivity index is 0.000000379. The molecule has 194 valence electrons. The lowest BCUT2D eigenvalue weighted by Crippen LogP contribution is -2.41. The molecule has 1 unspecified atom stereocenters. The molecule has 0 radical (unpaired) electrons. The Kier molecular flexibility index (Phi) is 12.7. The van der Waals surface area contributed by atoms with Crippen molar-refractivity contribution in [2.24, 2.45) is 16.5 Å². The number of nitrogens with one attached hydrogen (secondary N) is 2. The highest BCUT2D eigenvalue weighted by molar-refractivity contribution is 5.94. The molecule has 0 saturated heterocycles. The summed E-state index contributed by atoms with van der Waals surface area (Å²) in [5.74, 6) is -0.353. The van der Waals surface area contributed by atoms with E-state index < -0.39 is 12.1 Å². The summed E-state index contributed by atoms with van der Waals surface area (Å²) in [5, 5.41) is 14.1. The van der Waals surface area contributed by atoms with Gasteiger partial charge in [0.15, 0.2) is 0 Å². The molecule has 11 nitrogen and oxygen atoms in total. The molecule has 8 N–H and O–H groups in total. The van der Waals surface area contributed by atoms with Crippen LogP contribution in [0.4, 0.5) is 16.2 Å². The van der Waals surface area contributed by atoms with E-state index in [0.717, 1.165) is 11.1 Å². The summed E-state index contributed by atoms with van der Waals surface area (Å²) in [5.41, 5.74) is 19.0. The molecule has 2 aromatic carbocycles. The number of carbonyl (C=O) groups is 3. The molecular weight excluding hydrogens is 472 g/mol. The van der Waals surface area contributed by atoms with Gasteiger partial charge in [0.2, 0.25) is 5.91 Å². The Morgan fingerprint density at radius 2 is 1.76 bits per heavy atom. The molecule has 0 spiro atoms. The largest absolute Gasteiger partial charge is 0.399 e. The molecule has 0 bridgehead atoms. The molecule has 1 atom stereocenters. The van der Waals surface area contributed by atoms with Crippen molar-refractivity contribution in [2.75, 3.05) is 31.7 Å². The third-order valence-corrected chi connectivity index (χ3v) is 4.98. The summed E-state index contributed by atoms with van der Waals surface area (Å²) in [6.45, 7) is 3.82. The first-order chi connectivity index (χ1) is 17.7. The lowest BCUT2D eigenvalue weighted by Gasteiger charge is -2.31. The lowest BCUT2D eigenvalue weighted by atomic mass is 9.97. The smallest absolute Gasteiger partial charge is 0.316 e. The first kappa shape index (κ1) is 29.9. The van der Waals surface area contributed by atoms with Crippen LogP contribution in [0.25, 0.3) is 5.57 Å². The number of hydrogen-bond acceptors (Lipinski definition) is 6. The maximum absolute atomic E-state index is 11.9. The predicted octanol–water partition coefficient (Wildman–Crippen LogP) is 2.10. The summed E-state index contributed by atoms with van der Waals surface area (Å²) in [6, 6.07) is 14.9. The van der Waals surface area contributed by atoms with E-state index >= 15 is 0 Å². The highest BCUT2D eigenvalue weighted by atomic mass is 16.2.